The van der Waals surface area contributed by atoms with Crippen LogP contribution < -0.4 is 5.46 Å². The van der Waals surface area contributed by atoms with Crippen molar-refractivity contribution in [2.45, 2.75) is 44.9 Å². The van der Waals surface area contributed by atoms with E-state index in [1.165, 1.54) is 5.56 Å². The maximum Gasteiger partial charge on any atom is 0.497 e. The molecule has 3 bridgehead atoms. The van der Waals surface area contributed by atoms with Gasteiger partial charge in [-0.25, -0.2) is 0 Å². The normalized spacial score (nSPS) is 37.9. The number of hydrogen-bond donors (Lipinski definition) is 1. The number of aryl methyl sites for hydroxylation is 3. The Hall–Kier alpha value is -0.915. The van der Waals surface area contributed by atoms with Crippen molar-refractivity contribution in [2.24, 2.45) is 0 Å². The van der Waals surface area contributed by atoms with Crippen molar-refractivity contribution in [3.05, 3.63) is 28.8 Å². The van der Waals surface area contributed by atoms with E-state index in [0.29, 0.717) is 6.61 Å². The van der Waals surface area contributed by atoms with Crippen LogP contribution in [0.15, 0.2) is 12.1 Å². The van der Waals surface area contributed by atoms with Crippen molar-refractivity contribution < 1.29 is 23.9 Å². The van der Waals surface area contributed by atoms with Gasteiger partial charge in [0.15, 0.2) is 0 Å². The van der Waals surface area contributed by atoms with Crippen molar-refractivity contribution in [2.75, 3.05) is 13.2 Å². The Labute approximate surface area is 124 Å². The second-order valence-electron chi connectivity index (χ2n) is 6.28. The number of aliphatic hydroxyl groups excluding tert-OH is 1. The molecule has 0 saturated carbocycles. The number of fused-ring (bicyclic) bond motifs is 2. The largest absolute Gasteiger partial charge is 0.497 e. The molecule has 6 heteroatoms. The third-order valence-electron chi connectivity index (χ3n) is 4.68. The summed E-state index contributed by atoms with van der Waals surface area (Å²) >= 11 is 0. The minimum Gasteiger partial charge on any atom is -0.399 e. The number of rotatable bonds is 1. The van der Waals surface area contributed by atoms with Gasteiger partial charge < -0.3 is 23.9 Å². The third-order valence-corrected chi connectivity index (χ3v) is 4.68. The van der Waals surface area contributed by atoms with E-state index in [-0.39, 0.29) is 12.7 Å². The summed E-state index contributed by atoms with van der Waals surface area (Å²) < 4.78 is 23.4. The van der Waals surface area contributed by atoms with E-state index >= 15 is 0 Å². The van der Waals surface area contributed by atoms with Crippen LogP contribution in [0.4, 0.5) is 0 Å². The summed E-state index contributed by atoms with van der Waals surface area (Å²) in [7, 11) is -0.523. The van der Waals surface area contributed by atoms with E-state index < -0.39 is 25.1 Å². The summed E-state index contributed by atoms with van der Waals surface area (Å²) in [6, 6.07) is 4.23. The number of benzene rings is 1. The second-order valence-corrected chi connectivity index (χ2v) is 6.28. The lowest BCUT2D eigenvalue weighted by atomic mass is 9.69. The molecule has 4 atom stereocenters. The molecule has 1 aromatic carbocycles. The molecule has 4 aliphatic rings. The first-order chi connectivity index (χ1) is 10.00. The van der Waals surface area contributed by atoms with Crippen molar-refractivity contribution in [3.8, 4) is 0 Å². The topological polar surface area (TPSA) is 57.2 Å². The number of hydrogen-bond acceptors (Lipinski definition) is 5. The monoisotopic (exact) mass is 290 g/mol. The minimum absolute atomic E-state index is 0.223. The summed E-state index contributed by atoms with van der Waals surface area (Å²) in [5.41, 5.74) is 4.48. The van der Waals surface area contributed by atoms with E-state index in [9.17, 15) is 5.11 Å². The average molecular weight is 290 g/mol. The standard InChI is InChI=1S/C15H19BO5/c1-8-4-9(2)12(10(3)5-8)16-20-13-11-6-19-15(21-16,7-18-11)14(13)17/h4-5,11,13-14,17H,6-7H2,1-3H3/t11-,13-,14+,15+/m1/s1. The predicted octanol–water partition coefficient (Wildman–Crippen LogP) is 0.209. The van der Waals surface area contributed by atoms with Crippen LogP contribution in [-0.4, -0.2) is 49.5 Å². The van der Waals surface area contributed by atoms with Crippen molar-refractivity contribution in [3.63, 3.8) is 0 Å². The van der Waals surface area contributed by atoms with Crippen LogP contribution in [0.2, 0.25) is 0 Å². The Kier molecular flexibility index (Phi) is 2.97. The summed E-state index contributed by atoms with van der Waals surface area (Å²) in [6.07, 6.45) is -1.42. The summed E-state index contributed by atoms with van der Waals surface area (Å²) in [5, 5.41) is 10.4. The van der Waals surface area contributed by atoms with Gasteiger partial charge in [0.25, 0.3) is 0 Å². The Morgan fingerprint density at radius 3 is 2.52 bits per heavy atom. The van der Waals surface area contributed by atoms with Crippen LogP contribution in [0, 0.1) is 20.8 Å². The molecule has 0 radical (unpaired) electrons. The Morgan fingerprint density at radius 2 is 1.95 bits per heavy atom. The van der Waals surface area contributed by atoms with Crippen molar-refractivity contribution in [1.29, 1.82) is 0 Å². The third kappa shape index (κ3) is 1.90. The molecule has 4 fully saturated rings. The maximum absolute atomic E-state index is 10.4. The van der Waals surface area contributed by atoms with Gasteiger partial charge in [-0.2, -0.15) is 0 Å². The smallest absolute Gasteiger partial charge is 0.399 e. The average Bonchev–Trinajstić information content (AvgIpc) is 2.39. The Morgan fingerprint density at radius 1 is 1.24 bits per heavy atom. The minimum atomic E-state index is -1.09. The van der Waals surface area contributed by atoms with E-state index in [1.807, 2.05) is 0 Å². The quantitative estimate of drug-likeness (QED) is 0.749. The van der Waals surface area contributed by atoms with Gasteiger partial charge in [-0.3, -0.25) is 0 Å². The van der Waals surface area contributed by atoms with Gasteiger partial charge in [0, 0.05) is 0 Å². The molecule has 4 saturated heterocycles. The molecule has 0 aromatic heterocycles. The zero-order chi connectivity index (χ0) is 14.8. The van der Waals surface area contributed by atoms with E-state index in [2.05, 4.69) is 32.9 Å². The van der Waals surface area contributed by atoms with Crippen LogP contribution in [0.1, 0.15) is 16.7 Å². The fraction of sp³-hybridized carbons (Fsp3) is 0.600. The zero-order valence-corrected chi connectivity index (χ0v) is 12.5. The molecule has 112 valence electrons. The van der Waals surface area contributed by atoms with E-state index in [0.717, 1.165) is 16.6 Å². The number of aliphatic hydroxyl groups is 1. The molecular weight excluding hydrogens is 271 g/mol. The fourth-order valence-corrected chi connectivity index (χ4v) is 3.69. The van der Waals surface area contributed by atoms with Crippen LogP contribution in [0.5, 0.6) is 0 Å². The molecule has 1 spiro atoms. The van der Waals surface area contributed by atoms with Crippen LogP contribution >= 0.6 is 0 Å². The highest BCUT2D eigenvalue weighted by molar-refractivity contribution is 6.62. The molecule has 1 N–H and O–H groups in total. The van der Waals surface area contributed by atoms with Crippen LogP contribution in [0.3, 0.4) is 0 Å². The second kappa shape index (κ2) is 4.54. The SMILES string of the molecule is Cc1cc(C)c(B2O[C@@H]3[C@H]4CO[C@@](CO4)(O2)[C@H]3O)c(C)c1. The highest BCUT2D eigenvalue weighted by Gasteiger charge is 2.63. The predicted molar refractivity (Wildman–Crippen MR) is 76.4 cm³/mol. The first-order valence-electron chi connectivity index (χ1n) is 7.35. The van der Waals surface area contributed by atoms with Gasteiger partial charge in [-0.15, -0.1) is 0 Å². The number of ether oxygens (including phenoxy) is 2. The van der Waals surface area contributed by atoms with Crippen LogP contribution in [-0.2, 0) is 18.8 Å². The molecular formula is C15H19BO5. The lowest BCUT2D eigenvalue weighted by Gasteiger charge is -2.57. The molecule has 4 heterocycles. The summed E-state index contributed by atoms with van der Waals surface area (Å²) in [5.74, 6) is -1.09. The maximum atomic E-state index is 10.4. The first-order valence-corrected chi connectivity index (χ1v) is 7.35. The van der Waals surface area contributed by atoms with Gasteiger partial charge in [0.2, 0.25) is 5.79 Å². The van der Waals surface area contributed by atoms with Gasteiger partial charge in [0.05, 0.1) is 6.61 Å². The molecule has 5 nitrogen and oxygen atoms in total. The lowest BCUT2D eigenvalue weighted by molar-refractivity contribution is -0.395. The molecule has 5 rings (SSSR count). The van der Waals surface area contributed by atoms with Gasteiger partial charge >= 0.3 is 7.12 Å². The molecule has 0 unspecified atom stereocenters. The van der Waals surface area contributed by atoms with Gasteiger partial charge in [0.1, 0.15) is 24.9 Å². The van der Waals surface area contributed by atoms with Gasteiger partial charge in [-0.05, 0) is 26.2 Å². The van der Waals surface area contributed by atoms with Crippen molar-refractivity contribution >= 4 is 12.6 Å². The zero-order valence-electron chi connectivity index (χ0n) is 12.5. The van der Waals surface area contributed by atoms with Crippen molar-refractivity contribution in [1.82, 2.24) is 0 Å². The summed E-state index contributed by atoms with van der Waals surface area (Å²) in [4.78, 5) is 0. The van der Waals surface area contributed by atoms with Gasteiger partial charge in [-0.1, -0.05) is 28.8 Å². The molecule has 0 amide bonds. The lowest BCUT2D eigenvalue weighted by Crippen LogP contribution is -2.77. The fourth-order valence-electron chi connectivity index (χ4n) is 3.69. The molecule has 21 heavy (non-hydrogen) atoms. The van der Waals surface area contributed by atoms with E-state index in [1.54, 1.807) is 0 Å². The molecule has 0 aliphatic carbocycles. The highest BCUT2D eigenvalue weighted by atomic mass is 16.8. The Balaban J connectivity index is 1.73. The molecule has 4 aliphatic heterocycles. The Bertz CT molecular complexity index is 558. The van der Waals surface area contributed by atoms with Crippen LogP contribution in [0.25, 0.3) is 0 Å². The molecule has 1 aromatic rings. The summed E-state index contributed by atoms with van der Waals surface area (Å²) in [6.45, 7) is 6.83. The van der Waals surface area contributed by atoms with E-state index in [4.69, 9.17) is 18.8 Å². The first kappa shape index (κ1) is 13.7. The highest BCUT2D eigenvalue weighted by Crippen LogP contribution is 2.40.